The molecule has 0 spiro atoms. The molecule has 1 aliphatic rings. The van der Waals surface area contributed by atoms with Gasteiger partial charge in [0.2, 0.25) is 11.3 Å². The third-order valence-electron chi connectivity index (χ3n) is 5.58. The molecule has 1 atom stereocenters. The fourth-order valence-electron chi connectivity index (χ4n) is 3.81. The van der Waals surface area contributed by atoms with E-state index in [0.29, 0.717) is 5.70 Å². The Bertz CT molecular complexity index is 1250. The molecule has 0 aliphatic carbocycles. The zero-order chi connectivity index (χ0) is 22.7. The molecule has 1 amide bonds. The second-order valence-electron chi connectivity index (χ2n) is 7.86. The van der Waals surface area contributed by atoms with Gasteiger partial charge in [-0.25, -0.2) is 4.68 Å². The summed E-state index contributed by atoms with van der Waals surface area (Å²) in [6.07, 6.45) is 5.12. The van der Waals surface area contributed by atoms with Crippen molar-refractivity contribution in [3.8, 4) is 5.69 Å². The zero-order valence-corrected chi connectivity index (χ0v) is 18.1. The summed E-state index contributed by atoms with van der Waals surface area (Å²) in [6, 6.07) is 16.7. The first-order valence-electron chi connectivity index (χ1n) is 10.5. The molecule has 1 aromatic heterocycles. The van der Waals surface area contributed by atoms with Crippen molar-refractivity contribution < 1.29 is 4.79 Å². The lowest BCUT2D eigenvalue weighted by molar-refractivity contribution is -0.119. The molecule has 7 heteroatoms. The van der Waals surface area contributed by atoms with Crippen molar-refractivity contribution in [3.05, 3.63) is 88.4 Å². The molecule has 2 aromatic carbocycles. The summed E-state index contributed by atoms with van der Waals surface area (Å²) in [5.41, 5.74) is 3.82. The maximum atomic E-state index is 12.6. The maximum Gasteiger partial charge on any atom is 0.229 e. The Morgan fingerprint density at radius 1 is 1.16 bits per heavy atom. The van der Waals surface area contributed by atoms with Crippen LogP contribution >= 0.6 is 0 Å². The summed E-state index contributed by atoms with van der Waals surface area (Å²) in [6.45, 7) is 4.64. The van der Waals surface area contributed by atoms with Gasteiger partial charge in [0.25, 0.3) is 0 Å². The third kappa shape index (κ3) is 4.23. The largest absolute Gasteiger partial charge is 0.354 e. The number of hydrogen-bond donors (Lipinski definition) is 2. The van der Waals surface area contributed by atoms with Crippen LogP contribution in [0.2, 0.25) is 0 Å². The van der Waals surface area contributed by atoms with E-state index >= 15 is 0 Å². The number of carbonyl (C=O) groups is 1. The monoisotopic (exact) mass is 427 g/mol. The molecule has 2 N–H and O–H groups in total. The Kier molecular flexibility index (Phi) is 5.98. The van der Waals surface area contributed by atoms with Crippen LogP contribution in [0, 0.1) is 18.3 Å². The number of amides is 1. The number of benzene rings is 2. The third-order valence-corrected chi connectivity index (χ3v) is 5.58. The van der Waals surface area contributed by atoms with Crippen molar-refractivity contribution in [1.29, 1.82) is 5.41 Å². The van der Waals surface area contributed by atoms with Gasteiger partial charge in [0, 0.05) is 42.3 Å². The van der Waals surface area contributed by atoms with Crippen LogP contribution < -0.4 is 15.6 Å². The van der Waals surface area contributed by atoms with Gasteiger partial charge < -0.3 is 15.6 Å². The zero-order valence-electron chi connectivity index (χ0n) is 18.1. The van der Waals surface area contributed by atoms with Gasteiger partial charge in [0.1, 0.15) is 0 Å². The van der Waals surface area contributed by atoms with Gasteiger partial charge in [0.15, 0.2) is 5.69 Å². The van der Waals surface area contributed by atoms with E-state index in [1.54, 1.807) is 10.9 Å². The van der Waals surface area contributed by atoms with Gasteiger partial charge in [-0.1, -0.05) is 25.1 Å². The molecule has 7 nitrogen and oxygen atoms in total. The van der Waals surface area contributed by atoms with Crippen molar-refractivity contribution in [2.24, 2.45) is 5.92 Å². The summed E-state index contributed by atoms with van der Waals surface area (Å²) >= 11 is 0. The van der Waals surface area contributed by atoms with Crippen LogP contribution in [0.3, 0.4) is 0 Å². The standard InChI is InChI=1S/C25H25N5O2/c1-17-11-14-29(25(17)32)20-8-9-22(18(2)16-20)30-15-12-23(31)24(28-30)21(10-13-26)27-19-6-4-3-5-7-19/h3-10,12-13,15-17,26-27H,11,14H2,1-2H3/b21-10-,26-13?. The highest BCUT2D eigenvalue weighted by atomic mass is 16.2. The van der Waals surface area contributed by atoms with Crippen molar-refractivity contribution >= 4 is 29.2 Å². The van der Waals surface area contributed by atoms with Crippen LogP contribution in [0.5, 0.6) is 0 Å². The van der Waals surface area contributed by atoms with E-state index < -0.39 is 0 Å². The summed E-state index contributed by atoms with van der Waals surface area (Å²) in [7, 11) is 0. The molecule has 1 saturated heterocycles. The summed E-state index contributed by atoms with van der Waals surface area (Å²) in [5, 5.41) is 15.2. The highest BCUT2D eigenvalue weighted by molar-refractivity contribution is 5.97. The highest BCUT2D eigenvalue weighted by Gasteiger charge is 2.29. The summed E-state index contributed by atoms with van der Waals surface area (Å²) in [5.74, 6) is 0.198. The van der Waals surface area contributed by atoms with E-state index in [0.717, 1.165) is 41.8 Å². The molecule has 0 bridgehead atoms. The minimum Gasteiger partial charge on any atom is -0.354 e. The molecule has 1 unspecified atom stereocenters. The molecule has 162 valence electrons. The number of carbonyl (C=O) groups excluding carboxylic acids is 1. The molecule has 1 fully saturated rings. The van der Waals surface area contributed by atoms with Crippen LogP contribution in [0.4, 0.5) is 11.4 Å². The summed E-state index contributed by atoms with van der Waals surface area (Å²) < 4.78 is 1.65. The topological polar surface area (TPSA) is 91.1 Å². The average Bonchev–Trinajstić information content (AvgIpc) is 3.13. The van der Waals surface area contributed by atoms with Gasteiger partial charge >= 0.3 is 0 Å². The van der Waals surface area contributed by atoms with Gasteiger partial charge in [-0.3, -0.25) is 9.59 Å². The predicted octanol–water partition coefficient (Wildman–Crippen LogP) is 4.02. The summed E-state index contributed by atoms with van der Waals surface area (Å²) in [4.78, 5) is 26.8. The first kappa shape index (κ1) is 21.2. The number of allylic oxidation sites excluding steroid dienone is 1. The highest BCUT2D eigenvalue weighted by Crippen LogP contribution is 2.27. The van der Waals surface area contributed by atoms with Gasteiger partial charge in [-0.2, -0.15) is 5.10 Å². The average molecular weight is 428 g/mol. The fourth-order valence-corrected chi connectivity index (χ4v) is 3.81. The number of nitrogens with zero attached hydrogens (tertiary/aromatic N) is 3. The molecule has 4 rings (SSSR count). The number of rotatable bonds is 6. The van der Waals surface area contributed by atoms with Crippen LogP contribution in [-0.2, 0) is 4.79 Å². The minimum atomic E-state index is -0.247. The van der Waals surface area contributed by atoms with Crippen LogP contribution in [0.15, 0.2) is 71.7 Å². The number of aryl methyl sites for hydroxylation is 1. The van der Waals surface area contributed by atoms with Crippen molar-refractivity contribution in [1.82, 2.24) is 9.78 Å². The van der Waals surface area contributed by atoms with Crippen LogP contribution in [0.25, 0.3) is 11.4 Å². The smallest absolute Gasteiger partial charge is 0.229 e. The molecule has 0 saturated carbocycles. The maximum absolute atomic E-state index is 12.6. The Morgan fingerprint density at radius 3 is 2.59 bits per heavy atom. The van der Waals surface area contributed by atoms with E-state index in [1.807, 2.05) is 67.3 Å². The Balaban J connectivity index is 1.69. The molecule has 32 heavy (non-hydrogen) atoms. The Hall–Kier alpha value is -4.00. The lowest BCUT2D eigenvalue weighted by atomic mass is 10.1. The lowest BCUT2D eigenvalue weighted by Gasteiger charge is -2.19. The van der Waals surface area contributed by atoms with E-state index in [-0.39, 0.29) is 22.9 Å². The molecule has 1 aliphatic heterocycles. The SMILES string of the molecule is Cc1cc(N2CCC(C)C2=O)ccc1-n1ccc(=O)c(/C(=C/C=N)Nc2ccccc2)n1. The van der Waals surface area contributed by atoms with Crippen molar-refractivity contribution in [3.63, 3.8) is 0 Å². The van der Waals surface area contributed by atoms with E-state index in [4.69, 9.17) is 5.41 Å². The molecular weight excluding hydrogens is 402 g/mol. The number of hydrogen-bond acceptors (Lipinski definition) is 5. The van der Waals surface area contributed by atoms with Gasteiger partial charge in [-0.05, 0) is 55.3 Å². The number of nitrogens with one attached hydrogen (secondary N) is 2. The first-order valence-corrected chi connectivity index (χ1v) is 10.5. The lowest BCUT2D eigenvalue weighted by Crippen LogP contribution is -2.26. The Morgan fingerprint density at radius 2 is 1.94 bits per heavy atom. The Labute approximate surface area is 186 Å². The minimum absolute atomic E-state index is 0.0503. The number of aromatic nitrogens is 2. The molecule has 2 heterocycles. The van der Waals surface area contributed by atoms with Gasteiger partial charge in [0.05, 0.1) is 11.4 Å². The quantitative estimate of drug-likeness (QED) is 0.582. The fraction of sp³-hybridized carbons (Fsp3) is 0.200. The number of anilines is 2. The van der Waals surface area contributed by atoms with Crippen molar-refractivity contribution in [2.75, 3.05) is 16.8 Å². The second-order valence-corrected chi connectivity index (χ2v) is 7.86. The van der Waals surface area contributed by atoms with E-state index in [9.17, 15) is 9.59 Å². The normalized spacial score (nSPS) is 16.3. The van der Waals surface area contributed by atoms with Crippen molar-refractivity contribution in [2.45, 2.75) is 20.3 Å². The second kappa shape index (κ2) is 9.01. The molecule has 3 aromatic rings. The number of para-hydroxylation sites is 1. The molecular formula is C25H25N5O2. The van der Waals surface area contributed by atoms with Crippen LogP contribution in [-0.4, -0.2) is 28.4 Å². The van der Waals surface area contributed by atoms with E-state index in [1.165, 1.54) is 12.1 Å². The van der Waals surface area contributed by atoms with E-state index in [2.05, 4.69) is 10.4 Å². The first-order chi connectivity index (χ1) is 15.5. The van der Waals surface area contributed by atoms with Gasteiger partial charge in [-0.15, -0.1) is 0 Å². The molecule has 0 radical (unpaired) electrons. The van der Waals surface area contributed by atoms with Crippen LogP contribution in [0.1, 0.15) is 24.6 Å². The predicted molar refractivity (Wildman–Crippen MR) is 128 cm³/mol.